The van der Waals surface area contributed by atoms with Gasteiger partial charge in [0.05, 0.1) is 47.4 Å². The number of benzene rings is 3. The fourth-order valence-corrected chi connectivity index (χ4v) is 6.80. The van der Waals surface area contributed by atoms with E-state index in [2.05, 4.69) is 63.4 Å². The average Bonchev–Trinajstić information content (AvgIpc) is 3.78. The van der Waals surface area contributed by atoms with Crippen molar-refractivity contribution in [3.05, 3.63) is 119 Å². The van der Waals surface area contributed by atoms with Gasteiger partial charge in [-0.05, 0) is 49.6 Å². The smallest absolute Gasteiger partial charge is 0.128 e. The van der Waals surface area contributed by atoms with Crippen LogP contribution >= 0.6 is 23.2 Å². The van der Waals surface area contributed by atoms with Crippen molar-refractivity contribution < 1.29 is 0 Å². The second kappa shape index (κ2) is 12.0. The summed E-state index contributed by atoms with van der Waals surface area (Å²) in [7, 11) is 0. The Morgan fingerprint density at radius 3 is 2.48 bits per heavy atom. The molecule has 6 nitrogen and oxygen atoms in total. The Morgan fingerprint density at radius 1 is 0.955 bits per heavy atom. The van der Waals surface area contributed by atoms with E-state index in [4.69, 9.17) is 33.3 Å². The highest BCUT2D eigenvalue weighted by Crippen LogP contribution is 2.43. The van der Waals surface area contributed by atoms with Gasteiger partial charge in [-0.3, -0.25) is 0 Å². The standard InChI is InChI=1S/C36H34Cl2N6/c1-23(41-32-19-20-40-44(32)29-11-7-4-8-12-29)34-33(30-18-17-28(38)21-31(30)42-34)36-35(26-9-5-3-6-10-26)39-22-43(36)24(2)25-13-15-27(37)16-14-25/h3,5-6,9-10,13-22,24,29,41-42H,1,4,7-8,11-12H2,2H3. The molecule has 0 amide bonds. The maximum Gasteiger partial charge on any atom is 0.128 e. The Balaban J connectivity index is 1.40. The first-order valence-electron chi connectivity index (χ1n) is 15.2. The minimum Gasteiger partial charge on any atom is -0.353 e. The number of anilines is 1. The molecule has 7 rings (SSSR count). The Morgan fingerprint density at radius 2 is 1.70 bits per heavy atom. The number of hydrogen-bond acceptors (Lipinski definition) is 3. The number of aromatic amines is 1. The predicted molar refractivity (Wildman–Crippen MR) is 182 cm³/mol. The number of aromatic nitrogens is 5. The lowest BCUT2D eigenvalue weighted by Gasteiger charge is -2.24. The van der Waals surface area contributed by atoms with E-state index in [0.717, 1.165) is 69.0 Å². The molecule has 1 atom stereocenters. The number of hydrogen-bond donors (Lipinski definition) is 2. The predicted octanol–water partition coefficient (Wildman–Crippen LogP) is 10.4. The molecule has 0 spiro atoms. The molecule has 2 N–H and O–H groups in total. The van der Waals surface area contributed by atoms with Crippen LogP contribution in [0.25, 0.3) is 39.1 Å². The van der Waals surface area contributed by atoms with Crippen molar-refractivity contribution in [3.8, 4) is 22.5 Å². The highest BCUT2D eigenvalue weighted by Gasteiger charge is 2.27. The first kappa shape index (κ1) is 28.5. The molecule has 44 heavy (non-hydrogen) atoms. The van der Waals surface area contributed by atoms with Crippen LogP contribution in [-0.2, 0) is 0 Å². The number of imidazole rings is 1. The lowest BCUT2D eigenvalue weighted by molar-refractivity contribution is 0.333. The van der Waals surface area contributed by atoms with Crippen LogP contribution in [0.4, 0.5) is 5.82 Å². The van der Waals surface area contributed by atoms with Crippen molar-refractivity contribution in [1.29, 1.82) is 0 Å². The van der Waals surface area contributed by atoms with Gasteiger partial charge in [-0.2, -0.15) is 5.10 Å². The van der Waals surface area contributed by atoms with Gasteiger partial charge >= 0.3 is 0 Å². The molecule has 0 radical (unpaired) electrons. The van der Waals surface area contributed by atoms with Gasteiger partial charge in [-0.25, -0.2) is 9.67 Å². The van der Waals surface area contributed by atoms with Gasteiger partial charge in [-0.1, -0.05) is 97.6 Å². The van der Waals surface area contributed by atoms with E-state index in [1.807, 2.05) is 61.1 Å². The minimum absolute atomic E-state index is 0.0220. The Labute approximate surface area is 267 Å². The Hall–Kier alpha value is -4.26. The lowest BCUT2D eigenvalue weighted by atomic mass is 9.96. The molecule has 3 heterocycles. The zero-order chi connectivity index (χ0) is 30.2. The van der Waals surface area contributed by atoms with Crippen LogP contribution in [0, 0.1) is 0 Å². The maximum absolute atomic E-state index is 6.51. The normalized spacial score (nSPS) is 14.6. The molecule has 6 aromatic rings. The van der Waals surface area contributed by atoms with Crippen molar-refractivity contribution in [2.45, 2.75) is 51.1 Å². The fraction of sp³-hybridized carbons (Fsp3) is 0.222. The van der Waals surface area contributed by atoms with Crippen molar-refractivity contribution >= 4 is 45.6 Å². The number of fused-ring (bicyclic) bond motifs is 1. The number of nitrogens with one attached hydrogen (secondary N) is 2. The second-order valence-electron chi connectivity index (χ2n) is 11.6. The summed E-state index contributed by atoms with van der Waals surface area (Å²) in [6.07, 6.45) is 9.84. The summed E-state index contributed by atoms with van der Waals surface area (Å²) < 4.78 is 4.37. The van der Waals surface area contributed by atoms with E-state index in [-0.39, 0.29) is 6.04 Å². The summed E-state index contributed by atoms with van der Waals surface area (Å²) in [6, 6.07) is 26.7. The number of H-pyrrole nitrogens is 1. The zero-order valence-electron chi connectivity index (χ0n) is 24.6. The molecule has 0 saturated heterocycles. The van der Waals surface area contributed by atoms with Crippen LogP contribution in [0.5, 0.6) is 0 Å². The van der Waals surface area contributed by atoms with E-state index in [1.54, 1.807) is 0 Å². The van der Waals surface area contributed by atoms with Crippen molar-refractivity contribution in [2.24, 2.45) is 0 Å². The molecular weight excluding hydrogens is 587 g/mol. The largest absolute Gasteiger partial charge is 0.353 e. The van der Waals surface area contributed by atoms with Crippen LogP contribution in [0.1, 0.15) is 62.4 Å². The Kier molecular flexibility index (Phi) is 7.79. The van der Waals surface area contributed by atoms with Gasteiger partial charge in [0.15, 0.2) is 0 Å². The molecule has 8 heteroatoms. The number of nitrogens with zero attached hydrogens (tertiary/aromatic N) is 4. The highest BCUT2D eigenvalue weighted by atomic mass is 35.5. The van der Waals surface area contributed by atoms with Gasteiger partial charge < -0.3 is 14.9 Å². The first-order valence-corrected chi connectivity index (χ1v) is 15.9. The van der Waals surface area contributed by atoms with Crippen LogP contribution in [-0.4, -0.2) is 24.3 Å². The lowest BCUT2D eigenvalue weighted by Crippen LogP contribution is -2.16. The third-order valence-electron chi connectivity index (χ3n) is 8.78. The number of rotatable bonds is 8. The zero-order valence-corrected chi connectivity index (χ0v) is 26.1. The van der Waals surface area contributed by atoms with E-state index in [9.17, 15) is 0 Å². The summed E-state index contributed by atoms with van der Waals surface area (Å²) in [5, 5.41) is 10.7. The first-order chi connectivity index (χ1) is 21.5. The molecular formula is C36H34Cl2N6. The third kappa shape index (κ3) is 5.33. The average molecular weight is 622 g/mol. The highest BCUT2D eigenvalue weighted by molar-refractivity contribution is 6.31. The minimum atomic E-state index is -0.0220. The third-order valence-corrected chi connectivity index (χ3v) is 9.27. The van der Waals surface area contributed by atoms with Gasteiger partial charge in [0.1, 0.15) is 5.82 Å². The van der Waals surface area contributed by atoms with E-state index in [0.29, 0.717) is 16.1 Å². The van der Waals surface area contributed by atoms with Crippen molar-refractivity contribution in [3.63, 3.8) is 0 Å². The van der Waals surface area contributed by atoms with Crippen molar-refractivity contribution in [2.75, 3.05) is 5.32 Å². The molecule has 1 saturated carbocycles. The number of halogens is 2. The molecule has 1 unspecified atom stereocenters. The fourth-order valence-electron chi connectivity index (χ4n) is 6.50. The van der Waals surface area contributed by atoms with Crippen LogP contribution in [0.15, 0.2) is 98.0 Å². The summed E-state index contributed by atoms with van der Waals surface area (Å²) >= 11 is 12.8. The molecule has 0 bridgehead atoms. The molecule has 3 aromatic carbocycles. The summed E-state index contributed by atoms with van der Waals surface area (Å²) in [4.78, 5) is 8.68. The van der Waals surface area contributed by atoms with Crippen LogP contribution in [0.2, 0.25) is 10.0 Å². The quantitative estimate of drug-likeness (QED) is 0.178. The molecule has 1 aliphatic rings. The van der Waals surface area contributed by atoms with Gasteiger partial charge in [0.25, 0.3) is 0 Å². The SMILES string of the molecule is C=C(Nc1ccnn1C1CCCCC1)c1[nH]c2cc(Cl)ccc2c1-c1c(-c2ccccc2)ncn1C(C)c1ccc(Cl)cc1. The second-order valence-corrected chi connectivity index (χ2v) is 12.4. The summed E-state index contributed by atoms with van der Waals surface area (Å²) in [6.45, 7) is 6.74. The topological polar surface area (TPSA) is 63.5 Å². The molecule has 3 aromatic heterocycles. The Bertz CT molecular complexity index is 1930. The maximum atomic E-state index is 6.51. The summed E-state index contributed by atoms with van der Waals surface area (Å²) in [5.41, 5.74) is 7.61. The van der Waals surface area contributed by atoms with E-state index in [1.165, 1.54) is 19.3 Å². The molecule has 1 fully saturated rings. The van der Waals surface area contributed by atoms with Gasteiger partial charge in [0, 0.05) is 38.1 Å². The van der Waals surface area contributed by atoms with Gasteiger partial charge in [-0.15, -0.1) is 0 Å². The van der Waals surface area contributed by atoms with Crippen LogP contribution < -0.4 is 5.32 Å². The molecule has 222 valence electrons. The summed E-state index contributed by atoms with van der Waals surface area (Å²) in [5.74, 6) is 0.941. The van der Waals surface area contributed by atoms with E-state index < -0.39 is 0 Å². The van der Waals surface area contributed by atoms with E-state index >= 15 is 0 Å². The monoisotopic (exact) mass is 620 g/mol. The van der Waals surface area contributed by atoms with Crippen LogP contribution in [0.3, 0.4) is 0 Å². The van der Waals surface area contributed by atoms with Gasteiger partial charge in [0.2, 0.25) is 0 Å². The van der Waals surface area contributed by atoms with Crippen molar-refractivity contribution in [1.82, 2.24) is 24.3 Å². The molecule has 0 aliphatic heterocycles. The molecule has 1 aliphatic carbocycles.